The predicted molar refractivity (Wildman–Crippen MR) is 75.1 cm³/mol. The topological polar surface area (TPSA) is 68.0 Å². The maximum absolute atomic E-state index is 13.6. The second kappa shape index (κ2) is 5.61. The molecule has 1 atom stereocenters. The zero-order valence-corrected chi connectivity index (χ0v) is 11.3. The fourth-order valence-corrected chi connectivity index (χ4v) is 2.18. The summed E-state index contributed by atoms with van der Waals surface area (Å²) >= 11 is 0. The number of halogens is 2. The van der Waals surface area contributed by atoms with E-state index in [1.165, 1.54) is 0 Å². The number of hydrogen-bond donors (Lipinski definition) is 1. The van der Waals surface area contributed by atoms with E-state index in [-0.39, 0.29) is 12.1 Å². The molecule has 0 radical (unpaired) electrons. The Labute approximate surface area is 123 Å². The molecule has 0 aliphatic carbocycles. The molecule has 0 amide bonds. The summed E-state index contributed by atoms with van der Waals surface area (Å²) in [5.74, 6) is -1.43. The number of nitrogens with zero attached hydrogens (tertiary/aromatic N) is 3. The summed E-state index contributed by atoms with van der Waals surface area (Å²) < 4.78 is 27.7. The molecule has 0 saturated carbocycles. The van der Waals surface area contributed by atoms with E-state index < -0.39 is 23.3 Å². The van der Waals surface area contributed by atoms with Crippen molar-refractivity contribution < 1.29 is 13.9 Å². The SMILES string of the molecule is O=c1c2ccccc2nnn1CC(O)c1cc(F)ccc1F. The van der Waals surface area contributed by atoms with Gasteiger partial charge in [0.2, 0.25) is 0 Å². The van der Waals surface area contributed by atoms with Gasteiger partial charge in [0.05, 0.1) is 11.9 Å². The van der Waals surface area contributed by atoms with Crippen LogP contribution in [0.15, 0.2) is 47.3 Å². The summed E-state index contributed by atoms with van der Waals surface area (Å²) in [6.45, 7) is -0.322. The Hall–Kier alpha value is -2.67. The number of benzene rings is 2. The van der Waals surface area contributed by atoms with Gasteiger partial charge in [0.25, 0.3) is 5.56 Å². The quantitative estimate of drug-likeness (QED) is 0.801. The van der Waals surface area contributed by atoms with E-state index in [4.69, 9.17) is 0 Å². The highest BCUT2D eigenvalue weighted by Gasteiger charge is 2.16. The van der Waals surface area contributed by atoms with Crippen molar-refractivity contribution in [1.82, 2.24) is 15.0 Å². The predicted octanol–water partition coefficient (Wildman–Crippen LogP) is 1.80. The lowest BCUT2D eigenvalue weighted by molar-refractivity contribution is 0.143. The molecule has 0 aliphatic heterocycles. The molecule has 1 heterocycles. The van der Waals surface area contributed by atoms with Crippen LogP contribution < -0.4 is 5.56 Å². The van der Waals surface area contributed by atoms with E-state index in [1.807, 2.05) is 0 Å². The van der Waals surface area contributed by atoms with E-state index in [0.29, 0.717) is 10.9 Å². The van der Waals surface area contributed by atoms with Gasteiger partial charge in [0, 0.05) is 5.56 Å². The summed E-state index contributed by atoms with van der Waals surface area (Å²) in [6, 6.07) is 9.38. The third-order valence-electron chi connectivity index (χ3n) is 3.29. The molecule has 3 rings (SSSR count). The molecule has 0 saturated heterocycles. The monoisotopic (exact) mass is 303 g/mol. The van der Waals surface area contributed by atoms with Gasteiger partial charge >= 0.3 is 0 Å². The minimum atomic E-state index is -1.41. The van der Waals surface area contributed by atoms with Crippen molar-refractivity contribution in [3.05, 3.63) is 70.0 Å². The van der Waals surface area contributed by atoms with Crippen LogP contribution in [0.1, 0.15) is 11.7 Å². The summed E-state index contributed by atoms with van der Waals surface area (Å²) in [7, 11) is 0. The number of rotatable bonds is 3. The molecular formula is C15H11F2N3O2. The first-order valence-electron chi connectivity index (χ1n) is 6.52. The molecule has 2 aromatic carbocycles. The van der Waals surface area contributed by atoms with Crippen molar-refractivity contribution in [3.8, 4) is 0 Å². The van der Waals surface area contributed by atoms with E-state index in [0.717, 1.165) is 22.9 Å². The number of aliphatic hydroxyl groups excluding tert-OH is 1. The van der Waals surface area contributed by atoms with Crippen molar-refractivity contribution in [2.24, 2.45) is 0 Å². The fraction of sp³-hybridized carbons (Fsp3) is 0.133. The van der Waals surface area contributed by atoms with Crippen LogP contribution in [0.5, 0.6) is 0 Å². The minimum absolute atomic E-state index is 0.234. The Balaban J connectivity index is 1.97. The van der Waals surface area contributed by atoms with Gasteiger partial charge in [-0.25, -0.2) is 13.5 Å². The first-order valence-corrected chi connectivity index (χ1v) is 6.52. The minimum Gasteiger partial charge on any atom is -0.386 e. The van der Waals surface area contributed by atoms with Crippen LogP contribution >= 0.6 is 0 Å². The van der Waals surface area contributed by atoms with Gasteiger partial charge < -0.3 is 5.11 Å². The number of hydrogen-bond acceptors (Lipinski definition) is 4. The van der Waals surface area contributed by atoms with Gasteiger partial charge in [-0.2, -0.15) is 0 Å². The average molecular weight is 303 g/mol. The number of aliphatic hydroxyl groups is 1. The second-order valence-electron chi connectivity index (χ2n) is 4.78. The smallest absolute Gasteiger partial charge is 0.277 e. The third kappa shape index (κ3) is 2.58. The molecule has 5 nitrogen and oxygen atoms in total. The summed E-state index contributed by atoms with van der Waals surface area (Å²) in [6.07, 6.45) is -1.41. The largest absolute Gasteiger partial charge is 0.386 e. The normalized spacial score (nSPS) is 12.5. The number of fused-ring (bicyclic) bond motifs is 1. The second-order valence-corrected chi connectivity index (χ2v) is 4.78. The molecule has 1 unspecified atom stereocenters. The van der Waals surface area contributed by atoms with Gasteiger partial charge in [0.1, 0.15) is 23.3 Å². The fourth-order valence-electron chi connectivity index (χ4n) is 2.18. The maximum Gasteiger partial charge on any atom is 0.277 e. The molecule has 0 aliphatic rings. The van der Waals surface area contributed by atoms with E-state index >= 15 is 0 Å². The van der Waals surface area contributed by atoms with Crippen molar-refractivity contribution in [2.45, 2.75) is 12.6 Å². The first-order chi connectivity index (χ1) is 10.6. The van der Waals surface area contributed by atoms with Gasteiger partial charge in [0.15, 0.2) is 0 Å². The molecule has 3 aromatic rings. The van der Waals surface area contributed by atoms with Crippen LogP contribution in [0.25, 0.3) is 10.9 Å². The highest BCUT2D eigenvalue weighted by molar-refractivity contribution is 5.76. The molecule has 0 fully saturated rings. The lowest BCUT2D eigenvalue weighted by Gasteiger charge is -2.13. The van der Waals surface area contributed by atoms with E-state index in [9.17, 15) is 18.7 Å². The van der Waals surface area contributed by atoms with Crippen molar-refractivity contribution in [3.63, 3.8) is 0 Å². The van der Waals surface area contributed by atoms with E-state index in [1.54, 1.807) is 24.3 Å². The Morgan fingerprint density at radius 2 is 1.95 bits per heavy atom. The standard InChI is InChI=1S/C15H11F2N3O2/c16-9-5-6-12(17)11(7-9)14(21)8-20-15(22)10-3-1-2-4-13(10)18-19-20/h1-7,14,21H,8H2. The van der Waals surface area contributed by atoms with Gasteiger partial charge in [-0.15, -0.1) is 5.10 Å². The Bertz CT molecular complexity index is 895. The Morgan fingerprint density at radius 1 is 1.18 bits per heavy atom. The zero-order chi connectivity index (χ0) is 15.7. The van der Waals surface area contributed by atoms with Gasteiger partial charge in [-0.3, -0.25) is 4.79 Å². The molecule has 1 aromatic heterocycles. The lowest BCUT2D eigenvalue weighted by Crippen LogP contribution is -2.27. The number of aromatic nitrogens is 3. The molecule has 0 bridgehead atoms. The summed E-state index contributed by atoms with van der Waals surface area (Å²) in [5, 5.41) is 17.9. The highest BCUT2D eigenvalue weighted by atomic mass is 19.1. The Morgan fingerprint density at radius 3 is 2.77 bits per heavy atom. The maximum atomic E-state index is 13.6. The molecule has 112 valence electrons. The van der Waals surface area contributed by atoms with Crippen LogP contribution in [0.2, 0.25) is 0 Å². The third-order valence-corrected chi connectivity index (χ3v) is 3.29. The van der Waals surface area contributed by atoms with Gasteiger partial charge in [-0.1, -0.05) is 17.3 Å². The van der Waals surface area contributed by atoms with Crippen molar-refractivity contribution in [1.29, 1.82) is 0 Å². The van der Waals surface area contributed by atoms with E-state index in [2.05, 4.69) is 10.3 Å². The van der Waals surface area contributed by atoms with Crippen LogP contribution in [0.4, 0.5) is 8.78 Å². The van der Waals surface area contributed by atoms with Crippen LogP contribution in [0, 0.1) is 11.6 Å². The molecule has 22 heavy (non-hydrogen) atoms. The highest BCUT2D eigenvalue weighted by Crippen LogP contribution is 2.19. The van der Waals surface area contributed by atoms with Crippen LogP contribution in [-0.4, -0.2) is 20.1 Å². The Kier molecular flexibility index (Phi) is 3.64. The summed E-state index contributed by atoms with van der Waals surface area (Å²) in [4.78, 5) is 12.2. The molecule has 0 spiro atoms. The molecule has 1 N–H and O–H groups in total. The van der Waals surface area contributed by atoms with Gasteiger partial charge in [-0.05, 0) is 30.3 Å². The first kappa shape index (κ1) is 14.3. The average Bonchev–Trinajstić information content (AvgIpc) is 2.52. The summed E-state index contributed by atoms with van der Waals surface area (Å²) in [5.41, 5.74) is -0.265. The van der Waals surface area contributed by atoms with Crippen LogP contribution in [-0.2, 0) is 6.54 Å². The van der Waals surface area contributed by atoms with Crippen molar-refractivity contribution >= 4 is 10.9 Å². The van der Waals surface area contributed by atoms with Crippen molar-refractivity contribution in [2.75, 3.05) is 0 Å². The zero-order valence-electron chi connectivity index (χ0n) is 11.3. The molecular weight excluding hydrogens is 292 g/mol. The molecule has 7 heteroatoms. The van der Waals surface area contributed by atoms with Crippen LogP contribution in [0.3, 0.4) is 0 Å². The lowest BCUT2D eigenvalue weighted by atomic mass is 10.1.